The number of aromatic nitrogens is 2. The highest BCUT2D eigenvalue weighted by atomic mass is 16.5. The van der Waals surface area contributed by atoms with E-state index in [4.69, 9.17) is 4.74 Å². The Bertz CT molecular complexity index is 602. The first-order valence-electron chi connectivity index (χ1n) is 6.95. The molecule has 1 aromatic heterocycles. The van der Waals surface area contributed by atoms with Crippen molar-refractivity contribution in [2.45, 2.75) is 32.9 Å². The van der Waals surface area contributed by atoms with E-state index in [1.165, 1.54) is 12.7 Å². The molecule has 1 aromatic carbocycles. The molecule has 0 radical (unpaired) electrons. The van der Waals surface area contributed by atoms with Gasteiger partial charge in [0, 0.05) is 11.7 Å². The summed E-state index contributed by atoms with van der Waals surface area (Å²) >= 11 is 0. The van der Waals surface area contributed by atoms with Crippen LogP contribution in [-0.4, -0.2) is 22.6 Å². The topological polar surface area (TPSA) is 56.1 Å². The van der Waals surface area contributed by atoms with E-state index in [9.17, 15) is 4.79 Å². The fraction of sp³-hybridized carbons (Fsp3) is 0.375. The highest BCUT2D eigenvalue weighted by Gasteiger charge is 2.25. The second-order valence-corrected chi connectivity index (χ2v) is 5.29. The number of benzene rings is 1. The number of carbonyl (C=O) groups excluding carboxylic acids is 1. The lowest BCUT2D eigenvalue weighted by atomic mass is 10.1. The van der Waals surface area contributed by atoms with Crippen molar-refractivity contribution < 1.29 is 9.53 Å². The maximum Gasteiger partial charge on any atom is 0.334 e. The summed E-state index contributed by atoms with van der Waals surface area (Å²) in [6.45, 7) is 6.12. The van der Waals surface area contributed by atoms with Crippen LogP contribution in [0, 0.1) is 6.92 Å². The minimum Gasteiger partial charge on any atom is -0.467 e. The van der Waals surface area contributed by atoms with Crippen LogP contribution in [0.3, 0.4) is 0 Å². The number of carbonyl (C=O) groups is 1. The summed E-state index contributed by atoms with van der Waals surface area (Å²) in [5.74, 6) is -0.335. The summed E-state index contributed by atoms with van der Waals surface area (Å²) in [4.78, 5) is 16.3. The molecule has 5 nitrogen and oxygen atoms in total. The maximum atomic E-state index is 12.1. The van der Waals surface area contributed by atoms with Gasteiger partial charge in [-0.25, -0.2) is 9.78 Å². The van der Waals surface area contributed by atoms with Gasteiger partial charge in [-0.3, -0.25) is 0 Å². The summed E-state index contributed by atoms with van der Waals surface area (Å²) in [5, 5.41) is 3.22. The summed E-state index contributed by atoms with van der Waals surface area (Å²) < 4.78 is 6.89. The summed E-state index contributed by atoms with van der Waals surface area (Å²) in [7, 11) is 1.39. The molecule has 1 heterocycles. The zero-order chi connectivity index (χ0) is 15.4. The van der Waals surface area contributed by atoms with Crippen molar-refractivity contribution in [3.63, 3.8) is 0 Å². The van der Waals surface area contributed by atoms with E-state index in [1.54, 1.807) is 12.5 Å². The van der Waals surface area contributed by atoms with Crippen LogP contribution in [0.1, 0.15) is 37.2 Å². The number of hydrogen-bond acceptors (Lipinski definition) is 4. The van der Waals surface area contributed by atoms with Gasteiger partial charge in [0.25, 0.3) is 0 Å². The Balaban J connectivity index is 2.32. The number of hydrogen-bond donors (Lipinski definition) is 1. The van der Waals surface area contributed by atoms with Gasteiger partial charge < -0.3 is 14.6 Å². The first kappa shape index (κ1) is 15.1. The molecule has 2 rings (SSSR count). The standard InChI is InChI=1S/C16H21N3O2/c1-11(2)19-10-17-9-14(19)15(16(20)21-4)18-13-7-5-12(3)6-8-13/h5-11,15,18H,1-4H3. The number of imidazole rings is 1. The SMILES string of the molecule is COC(=O)C(Nc1ccc(C)cc1)c1cncn1C(C)C. The number of methoxy groups -OCH3 is 1. The minimum absolute atomic E-state index is 0.217. The van der Waals surface area contributed by atoms with Gasteiger partial charge in [0.2, 0.25) is 0 Å². The van der Waals surface area contributed by atoms with E-state index in [1.807, 2.05) is 49.6 Å². The predicted octanol–water partition coefficient (Wildman–Crippen LogP) is 3.10. The van der Waals surface area contributed by atoms with Gasteiger partial charge in [0.15, 0.2) is 6.04 Å². The quantitative estimate of drug-likeness (QED) is 0.859. The van der Waals surface area contributed by atoms with E-state index < -0.39 is 6.04 Å². The molecule has 0 aliphatic heterocycles. The lowest BCUT2D eigenvalue weighted by Gasteiger charge is -2.21. The molecule has 1 N–H and O–H groups in total. The van der Waals surface area contributed by atoms with Crippen LogP contribution in [0.25, 0.3) is 0 Å². The molecule has 0 aliphatic rings. The molecular weight excluding hydrogens is 266 g/mol. The molecule has 1 unspecified atom stereocenters. The number of anilines is 1. The van der Waals surface area contributed by atoms with Crippen LogP contribution in [0.15, 0.2) is 36.8 Å². The maximum absolute atomic E-state index is 12.1. The van der Waals surface area contributed by atoms with Crippen LogP contribution in [0.5, 0.6) is 0 Å². The van der Waals surface area contributed by atoms with Crippen LogP contribution in [-0.2, 0) is 9.53 Å². The molecule has 21 heavy (non-hydrogen) atoms. The van der Waals surface area contributed by atoms with Gasteiger partial charge in [-0.15, -0.1) is 0 Å². The van der Waals surface area contributed by atoms with Crippen LogP contribution in [0.4, 0.5) is 5.69 Å². The molecule has 0 spiro atoms. The van der Waals surface area contributed by atoms with E-state index >= 15 is 0 Å². The lowest BCUT2D eigenvalue weighted by Crippen LogP contribution is -2.25. The number of nitrogens with zero attached hydrogens (tertiary/aromatic N) is 2. The van der Waals surface area contributed by atoms with Crippen LogP contribution in [0.2, 0.25) is 0 Å². The number of ether oxygens (including phenoxy) is 1. The Kier molecular flexibility index (Phi) is 4.62. The van der Waals surface area contributed by atoms with Gasteiger partial charge in [0.1, 0.15) is 0 Å². The number of rotatable bonds is 5. The smallest absolute Gasteiger partial charge is 0.334 e. The molecule has 0 amide bonds. The Labute approximate surface area is 125 Å². The van der Waals surface area contributed by atoms with Crippen molar-refractivity contribution in [1.29, 1.82) is 0 Å². The van der Waals surface area contributed by atoms with Crippen molar-refractivity contribution in [2.24, 2.45) is 0 Å². The van der Waals surface area contributed by atoms with Gasteiger partial charge in [-0.1, -0.05) is 17.7 Å². The Hall–Kier alpha value is -2.30. The minimum atomic E-state index is -0.581. The Morgan fingerprint density at radius 3 is 2.52 bits per heavy atom. The Morgan fingerprint density at radius 2 is 1.95 bits per heavy atom. The van der Waals surface area contributed by atoms with Crippen molar-refractivity contribution >= 4 is 11.7 Å². The molecule has 5 heteroatoms. The number of nitrogens with one attached hydrogen (secondary N) is 1. The molecule has 0 fully saturated rings. The molecule has 0 saturated carbocycles. The molecule has 0 bridgehead atoms. The monoisotopic (exact) mass is 287 g/mol. The van der Waals surface area contributed by atoms with E-state index in [-0.39, 0.29) is 12.0 Å². The van der Waals surface area contributed by atoms with Crippen molar-refractivity contribution in [1.82, 2.24) is 9.55 Å². The zero-order valence-electron chi connectivity index (χ0n) is 12.8. The van der Waals surface area contributed by atoms with Gasteiger partial charge in [-0.2, -0.15) is 0 Å². The predicted molar refractivity (Wildman–Crippen MR) is 82.2 cm³/mol. The second kappa shape index (κ2) is 6.43. The second-order valence-electron chi connectivity index (χ2n) is 5.29. The van der Waals surface area contributed by atoms with Gasteiger partial charge in [0.05, 0.1) is 25.3 Å². The first-order valence-corrected chi connectivity index (χ1v) is 6.95. The summed E-state index contributed by atoms with van der Waals surface area (Å²) in [6.07, 6.45) is 3.43. The zero-order valence-corrected chi connectivity index (χ0v) is 12.8. The first-order chi connectivity index (χ1) is 10.0. The molecule has 0 aliphatic carbocycles. The number of aryl methyl sites for hydroxylation is 1. The van der Waals surface area contributed by atoms with Crippen LogP contribution >= 0.6 is 0 Å². The average Bonchev–Trinajstić information content (AvgIpc) is 2.95. The van der Waals surface area contributed by atoms with E-state index in [2.05, 4.69) is 10.3 Å². The molecule has 1 atom stereocenters. The largest absolute Gasteiger partial charge is 0.467 e. The van der Waals surface area contributed by atoms with Crippen molar-refractivity contribution in [3.05, 3.63) is 48.0 Å². The third kappa shape index (κ3) is 3.42. The highest BCUT2D eigenvalue weighted by molar-refractivity contribution is 5.80. The molecule has 2 aromatic rings. The molecule has 0 saturated heterocycles. The van der Waals surface area contributed by atoms with Gasteiger partial charge in [-0.05, 0) is 32.9 Å². The van der Waals surface area contributed by atoms with E-state index in [0.29, 0.717) is 0 Å². The van der Waals surface area contributed by atoms with Crippen molar-refractivity contribution in [3.8, 4) is 0 Å². The summed E-state index contributed by atoms with van der Waals surface area (Å²) in [6, 6.07) is 7.52. The normalized spacial score (nSPS) is 12.2. The third-order valence-corrected chi connectivity index (χ3v) is 3.35. The van der Waals surface area contributed by atoms with Crippen molar-refractivity contribution in [2.75, 3.05) is 12.4 Å². The fourth-order valence-corrected chi connectivity index (χ4v) is 2.16. The van der Waals surface area contributed by atoms with E-state index in [0.717, 1.165) is 11.4 Å². The Morgan fingerprint density at radius 1 is 1.29 bits per heavy atom. The van der Waals surface area contributed by atoms with Gasteiger partial charge >= 0.3 is 5.97 Å². The lowest BCUT2D eigenvalue weighted by molar-refractivity contribution is -0.141. The molecule has 112 valence electrons. The number of esters is 1. The highest BCUT2D eigenvalue weighted by Crippen LogP contribution is 2.23. The summed E-state index contributed by atoms with van der Waals surface area (Å²) in [5.41, 5.74) is 2.83. The third-order valence-electron chi connectivity index (χ3n) is 3.35. The fourth-order valence-electron chi connectivity index (χ4n) is 2.16. The average molecular weight is 287 g/mol. The van der Waals surface area contributed by atoms with Crippen LogP contribution < -0.4 is 5.32 Å². The molecular formula is C16H21N3O2.